The van der Waals surface area contributed by atoms with Crippen LogP contribution in [-0.2, 0) is 14.6 Å². The van der Waals surface area contributed by atoms with E-state index in [1.807, 2.05) is 0 Å². The highest BCUT2D eigenvalue weighted by Crippen LogP contribution is 2.35. The molecular formula is C23H20F4N2O4S2. The molecule has 2 aromatic carbocycles. The number of sulfone groups is 1. The fourth-order valence-electron chi connectivity index (χ4n) is 3.83. The lowest BCUT2D eigenvalue weighted by Gasteiger charge is -2.11. The lowest BCUT2D eigenvalue weighted by atomic mass is 9.98. The highest BCUT2D eigenvalue weighted by atomic mass is 32.2. The molecule has 1 saturated carbocycles. The predicted molar refractivity (Wildman–Crippen MR) is 125 cm³/mol. The smallest absolute Gasteiger partial charge is 0.387 e. The maximum absolute atomic E-state index is 13.7. The third-order valence-electron chi connectivity index (χ3n) is 5.49. The maximum Gasteiger partial charge on any atom is 0.387 e. The summed E-state index contributed by atoms with van der Waals surface area (Å²) in [5, 5.41) is 2.81. The second-order valence-electron chi connectivity index (χ2n) is 8.12. The molecule has 1 aliphatic carbocycles. The molecule has 6 nitrogen and oxygen atoms in total. The Kier molecular flexibility index (Phi) is 7.13. The van der Waals surface area contributed by atoms with Gasteiger partial charge in [-0.1, -0.05) is 29.5 Å². The first kappa shape index (κ1) is 25.1. The van der Waals surface area contributed by atoms with Crippen LogP contribution in [0.4, 0.5) is 22.7 Å². The third kappa shape index (κ3) is 5.99. The van der Waals surface area contributed by atoms with Gasteiger partial charge in [0, 0.05) is 11.8 Å². The van der Waals surface area contributed by atoms with Crippen LogP contribution in [0.15, 0.2) is 53.4 Å². The molecule has 0 radical (unpaired) electrons. The van der Waals surface area contributed by atoms with Gasteiger partial charge in [0.1, 0.15) is 18.1 Å². The van der Waals surface area contributed by atoms with Crippen LogP contribution < -0.4 is 10.1 Å². The number of ether oxygens (including phenoxy) is 1. The number of thiazole rings is 1. The zero-order valence-electron chi connectivity index (χ0n) is 18.3. The lowest BCUT2D eigenvalue weighted by Crippen LogP contribution is -2.14. The predicted octanol–water partition coefficient (Wildman–Crippen LogP) is 5.41. The molecule has 3 aromatic rings. The maximum atomic E-state index is 13.7. The van der Waals surface area contributed by atoms with Crippen LogP contribution in [-0.4, -0.2) is 44.5 Å². The number of anilines is 1. The summed E-state index contributed by atoms with van der Waals surface area (Å²) in [5.41, 5.74) is 0.921. The quantitative estimate of drug-likeness (QED) is 0.328. The molecule has 1 N–H and O–H groups in total. The molecule has 4 rings (SSSR count). The van der Waals surface area contributed by atoms with E-state index in [0.717, 1.165) is 17.6 Å². The summed E-state index contributed by atoms with van der Waals surface area (Å²) in [7, 11) is -3.46. The Bertz CT molecular complexity index is 1360. The molecule has 0 bridgehead atoms. The van der Waals surface area contributed by atoms with Crippen LogP contribution in [0.2, 0.25) is 0 Å². The number of fused-ring (bicyclic) bond motifs is 1. The Morgan fingerprint density at radius 3 is 2.40 bits per heavy atom. The van der Waals surface area contributed by atoms with E-state index in [0.29, 0.717) is 15.8 Å². The first-order valence-electron chi connectivity index (χ1n) is 10.5. The molecule has 1 amide bonds. The Labute approximate surface area is 202 Å². The number of aromatic nitrogens is 1. The van der Waals surface area contributed by atoms with Crippen molar-refractivity contribution in [1.29, 1.82) is 0 Å². The zero-order valence-corrected chi connectivity index (χ0v) is 19.9. The van der Waals surface area contributed by atoms with Crippen molar-refractivity contribution in [2.75, 3.05) is 11.6 Å². The molecule has 1 heterocycles. The largest absolute Gasteiger partial charge is 0.435 e. The number of amides is 1. The Morgan fingerprint density at radius 2 is 1.80 bits per heavy atom. The molecule has 0 saturated heterocycles. The molecule has 1 aromatic heterocycles. The number of carbonyl (C=O) groups excluding carboxylic acids is 1. The topological polar surface area (TPSA) is 85.4 Å². The highest BCUT2D eigenvalue weighted by Gasteiger charge is 2.34. The highest BCUT2D eigenvalue weighted by molar-refractivity contribution is 7.90. The van der Waals surface area contributed by atoms with E-state index >= 15 is 0 Å². The van der Waals surface area contributed by atoms with Crippen LogP contribution >= 0.6 is 11.3 Å². The molecule has 3 atom stereocenters. The number of alkyl halides is 4. The second-order valence-corrected chi connectivity index (χ2v) is 11.2. The number of nitrogens with zero attached hydrogens (tertiary/aromatic N) is 1. The van der Waals surface area contributed by atoms with Gasteiger partial charge in [0.2, 0.25) is 0 Å². The van der Waals surface area contributed by atoms with Crippen molar-refractivity contribution in [3.05, 3.63) is 54.1 Å². The Balaban J connectivity index is 1.63. The van der Waals surface area contributed by atoms with Crippen LogP contribution in [0.1, 0.15) is 18.4 Å². The molecule has 1 aliphatic rings. The summed E-state index contributed by atoms with van der Waals surface area (Å²) in [5.74, 6) is -1.19. The van der Waals surface area contributed by atoms with Crippen molar-refractivity contribution in [3.8, 4) is 5.75 Å². The average Bonchev–Trinajstić information content (AvgIpc) is 3.32. The number of halogens is 4. The summed E-state index contributed by atoms with van der Waals surface area (Å²) >= 11 is 1.03. The van der Waals surface area contributed by atoms with Gasteiger partial charge in [-0.2, -0.15) is 8.78 Å². The first-order chi connectivity index (χ1) is 16.5. The minimum atomic E-state index is -3.46. The molecular weight excluding hydrogens is 508 g/mol. The van der Waals surface area contributed by atoms with Crippen LogP contribution in [0, 0.1) is 5.92 Å². The number of hydrogen-bond acceptors (Lipinski definition) is 6. The van der Waals surface area contributed by atoms with E-state index in [1.54, 1.807) is 0 Å². The number of hydrogen-bond donors (Lipinski definition) is 1. The van der Waals surface area contributed by atoms with Crippen LogP contribution in [0.3, 0.4) is 0 Å². The number of nitrogens with one attached hydrogen (secondary N) is 1. The zero-order chi connectivity index (χ0) is 25.3. The average molecular weight is 529 g/mol. The number of carbonyl (C=O) groups is 1. The van der Waals surface area contributed by atoms with E-state index in [-0.39, 0.29) is 34.2 Å². The van der Waals surface area contributed by atoms with Gasteiger partial charge in [-0.05, 0) is 54.7 Å². The van der Waals surface area contributed by atoms with E-state index < -0.39 is 40.6 Å². The van der Waals surface area contributed by atoms with Gasteiger partial charge < -0.3 is 4.74 Å². The number of benzene rings is 2. The molecule has 12 heteroatoms. The van der Waals surface area contributed by atoms with E-state index in [1.165, 1.54) is 48.5 Å². The fraction of sp³-hybridized carbons (Fsp3) is 0.304. The van der Waals surface area contributed by atoms with Gasteiger partial charge >= 0.3 is 6.61 Å². The van der Waals surface area contributed by atoms with Crippen molar-refractivity contribution in [3.63, 3.8) is 0 Å². The summed E-state index contributed by atoms with van der Waals surface area (Å²) in [6.45, 7) is -2.98. The Hall–Kier alpha value is -2.99. The molecule has 1 unspecified atom stereocenters. The van der Waals surface area contributed by atoms with Gasteiger partial charge in [-0.3, -0.25) is 10.1 Å². The molecule has 1 fully saturated rings. The summed E-state index contributed by atoms with van der Waals surface area (Å²) in [6, 6.07) is 9.76. The van der Waals surface area contributed by atoms with Gasteiger partial charge in [0.05, 0.1) is 15.1 Å². The van der Waals surface area contributed by atoms with Crippen molar-refractivity contribution in [2.24, 2.45) is 5.92 Å². The van der Waals surface area contributed by atoms with Crippen LogP contribution in [0.5, 0.6) is 5.75 Å². The third-order valence-corrected chi connectivity index (χ3v) is 7.56. The number of allylic oxidation sites excluding steroid dienone is 1. The molecule has 35 heavy (non-hydrogen) atoms. The molecule has 0 spiro atoms. The summed E-state index contributed by atoms with van der Waals surface area (Å²) in [4.78, 5) is 17.5. The van der Waals surface area contributed by atoms with Crippen LogP contribution in [0.25, 0.3) is 15.8 Å². The molecule has 0 aliphatic heterocycles. The summed E-state index contributed by atoms with van der Waals surface area (Å²) in [6.07, 6.45) is -0.860. The van der Waals surface area contributed by atoms with Crippen molar-refractivity contribution >= 4 is 48.0 Å². The van der Waals surface area contributed by atoms with Crippen molar-refractivity contribution in [2.45, 2.75) is 36.7 Å². The SMILES string of the molecule is CS(=O)(=O)c1ccc(C(=CC2C[C@@H](F)[C@@H](F)C2)C(=O)Nc2nc3ccc(OC(F)F)cc3s2)cc1. The fourth-order valence-corrected chi connectivity index (χ4v) is 5.35. The Morgan fingerprint density at radius 1 is 1.14 bits per heavy atom. The monoisotopic (exact) mass is 528 g/mol. The van der Waals surface area contributed by atoms with Gasteiger partial charge in [0.25, 0.3) is 5.91 Å². The summed E-state index contributed by atoms with van der Waals surface area (Å²) < 4.78 is 80.9. The standard InChI is InChI=1S/C23H20F4N2O4S2/c1-35(31,32)15-5-2-13(3-6-15)16(8-12-9-17(24)18(25)10-12)21(30)29-23-28-19-7-4-14(33-22(26)27)11-20(19)34-23/h2-8,11-12,17-18,22H,9-10H2,1H3,(H,28,29,30)/t12?,17-,18+. The molecule has 186 valence electrons. The van der Waals surface area contributed by atoms with Gasteiger partial charge in [-0.15, -0.1) is 0 Å². The van der Waals surface area contributed by atoms with E-state index in [9.17, 15) is 30.8 Å². The normalized spacial score (nSPS) is 21.0. The van der Waals surface area contributed by atoms with Gasteiger partial charge in [0.15, 0.2) is 15.0 Å². The second kappa shape index (κ2) is 9.94. The number of rotatable bonds is 7. The van der Waals surface area contributed by atoms with Crippen molar-refractivity contribution in [1.82, 2.24) is 4.98 Å². The first-order valence-corrected chi connectivity index (χ1v) is 13.2. The minimum Gasteiger partial charge on any atom is -0.435 e. The van der Waals surface area contributed by atoms with E-state index in [2.05, 4.69) is 15.0 Å². The minimum absolute atomic E-state index is 0.0524. The lowest BCUT2D eigenvalue weighted by molar-refractivity contribution is -0.111. The van der Waals surface area contributed by atoms with E-state index in [4.69, 9.17) is 0 Å². The van der Waals surface area contributed by atoms with Gasteiger partial charge in [-0.25, -0.2) is 22.2 Å². The van der Waals surface area contributed by atoms with Crippen molar-refractivity contribution < 1.29 is 35.5 Å².